The summed E-state index contributed by atoms with van der Waals surface area (Å²) in [6.07, 6.45) is 1.77. The van der Waals surface area contributed by atoms with Gasteiger partial charge < -0.3 is 4.90 Å². The van der Waals surface area contributed by atoms with E-state index in [2.05, 4.69) is 44.2 Å². The highest BCUT2D eigenvalue weighted by Crippen LogP contribution is 2.37. The third kappa shape index (κ3) is 4.83. The zero-order chi connectivity index (χ0) is 22.1. The summed E-state index contributed by atoms with van der Waals surface area (Å²) in [5.74, 6) is 0.782. The lowest BCUT2D eigenvalue weighted by molar-refractivity contribution is 0.0981. The molecule has 1 aliphatic heterocycles. The van der Waals surface area contributed by atoms with Crippen LogP contribution in [0.4, 0.5) is 5.82 Å². The van der Waals surface area contributed by atoms with Crippen molar-refractivity contribution >= 4 is 21.7 Å². The van der Waals surface area contributed by atoms with Gasteiger partial charge in [-0.1, -0.05) is 39.0 Å². The highest BCUT2D eigenvalue weighted by Gasteiger charge is 2.39. The van der Waals surface area contributed by atoms with Crippen molar-refractivity contribution in [2.45, 2.75) is 57.9 Å². The molecule has 0 saturated carbocycles. The molecule has 2 aromatic rings. The number of amides is 1. The molecule has 3 rings (SSSR count). The first-order valence-corrected chi connectivity index (χ1v) is 11.9. The number of nitrogens with one attached hydrogen (secondary N) is 1. The Hall–Kier alpha value is -2.41. The minimum absolute atomic E-state index is 0.0550. The number of anilines is 1. The van der Waals surface area contributed by atoms with Crippen LogP contribution < -0.4 is 9.62 Å². The van der Waals surface area contributed by atoms with Gasteiger partial charge in [0.15, 0.2) is 0 Å². The molecule has 0 unspecified atom stereocenters. The van der Waals surface area contributed by atoms with Crippen LogP contribution in [-0.2, 0) is 16.4 Å². The Labute approximate surface area is 179 Å². The summed E-state index contributed by atoms with van der Waals surface area (Å²) in [5.41, 5.74) is 1.01. The standard InChI is InChI=1S/C23H31N3O3S/c1-16(2)13-18-11-12-20(21(24-18)26-15-17(3)14-23(26,4)5)22(27)25-30(28,29)19-9-7-6-8-10-19/h6-12,16-17H,13-15H2,1-5H3,(H,25,27)/t17-/m0/s1. The average molecular weight is 430 g/mol. The second-order valence-corrected chi connectivity index (χ2v) is 10.9. The fourth-order valence-corrected chi connectivity index (χ4v) is 5.18. The van der Waals surface area contributed by atoms with Gasteiger partial charge in [0, 0.05) is 17.8 Å². The van der Waals surface area contributed by atoms with Crippen molar-refractivity contribution in [2.75, 3.05) is 11.4 Å². The summed E-state index contributed by atoms with van der Waals surface area (Å²) in [6, 6.07) is 11.4. The second-order valence-electron chi connectivity index (χ2n) is 9.25. The van der Waals surface area contributed by atoms with E-state index >= 15 is 0 Å². The minimum Gasteiger partial charge on any atom is -0.351 e. The first kappa shape index (κ1) is 22.3. The Balaban J connectivity index is 2.00. The molecule has 2 heterocycles. The molecular formula is C23H31N3O3S. The highest BCUT2D eigenvalue weighted by atomic mass is 32.2. The number of hydrogen-bond donors (Lipinski definition) is 1. The van der Waals surface area contributed by atoms with Gasteiger partial charge in [-0.25, -0.2) is 18.1 Å². The molecule has 7 heteroatoms. The molecule has 0 aliphatic carbocycles. The van der Waals surface area contributed by atoms with E-state index in [0.29, 0.717) is 17.7 Å². The summed E-state index contributed by atoms with van der Waals surface area (Å²) in [6.45, 7) is 11.5. The quantitative estimate of drug-likeness (QED) is 0.750. The van der Waals surface area contributed by atoms with Gasteiger partial charge in [0.05, 0.1) is 10.5 Å². The number of sulfonamides is 1. The summed E-state index contributed by atoms with van der Waals surface area (Å²) in [5, 5.41) is 0. The van der Waals surface area contributed by atoms with Crippen LogP contribution in [0.15, 0.2) is 47.4 Å². The molecular weight excluding hydrogens is 398 g/mol. The van der Waals surface area contributed by atoms with Crippen LogP contribution in [0.2, 0.25) is 0 Å². The molecule has 1 N–H and O–H groups in total. The zero-order valence-electron chi connectivity index (χ0n) is 18.3. The number of aromatic nitrogens is 1. The molecule has 1 fully saturated rings. The van der Waals surface area contributed by atoms with Gasteiger partial charge in [-0.2, -0.15) is 0 Å². The summed E-state index contributed by atoms with van der Waals surface area (Å²) >= 11 is 0. The molecule has 162 valence electrons. The Morgan fingerprint density at radius 1 is 1.20 bits per heavy atom. The van der Waals surface area contributed by atoms with Crippen molar-refractivity contribution in [1.82, 2.24) is 9.71 Å². The van der Waals surface area contributed by atoms with Crippen LogP contribution in [0.5, 0.6) is 0 Å². The second kappa shape index (κ2) is 8.38. The molecule has 1 aromatic carbocycles. The van der Waals surface area contributed by atoms with E-state index in [0.717, 1.165) is 25.1 Å². The monoisotopic (exact) mass is 429 g/mol. The van der Waals surface area contributed by atoms with Gasteiger partial charge in [0.1, 0.15) is 5.82 Å². The number of carbonyl (C=O) groups is 1. The van der Waals surface area contributed by atoms with Gasteiger partial charge in [0.25, 0.3) is 15.9 Å². The maximum absolute atomic E-state index is 13.1. The number of hydrogen-bond acceptors (Lipinski definition) is 5. The normalized spacial score (nSPS) is 18.6. The summed E-state index contributed by atoms with van der Waals surface area (Å²) < 4.78 is 27.6. The van der Waals surface area contributed by atoms with Crippen molar-refractivity contribution in [1.29, 1.82) is 0 Å². The number of pyridine rings is 1. The van der Waals surface area contributed by atoms with E-state index in [1.54, 1.807) is 24.3 Å². The zero-order valence-corrected chi connectivity index (χ0v) is 19.2. The van der Waals surface area contributed by atoms with Gasteiger partial charge in [0.2, 0.25) is 0 Å². The Morgan fingerprint density at radius 2 is 1.87 bits per heavy atom. The van der Waals surface area contributed by atoms with Crippen LogP contribution >= 0.6 is 0 Å². The maximum atomic E-state index is 13.1. The number of nitrogens with zero attached hydrogens (tertiary/aromatic N) is 2. The molecule has 30 heavy (non-hydrogen) atoms. The third-order valence-corrected chi connectivity index (χ3v) is 6.75. The first-order valence-electron chi connectivity index (χ1n) is 10.4. The van der Waals surface area contributed by atoms with E-state index in [4.69, 9.17) is 4.98 Å². The van der Waals surface area contributed by atoms with Gasteiger partial charge in [-0.15, -0.1) is 0 Å². The van der Waals surface area contributed by atoms with E-state index in [-0.39, 0.29) is 16.0 Å². The fraction of sp³-hybridized carbons (Fsp3) is 0.478. The molecule has 0 bridgehead atoms. The van der Waals surface area contributed by atoms with Crippen LogP contribution in [0.1, 0.15) is 57.1 Å². The predicted octanol–water partition coefficient (Wildman–Crippen LogP) is 4.02. The Morgan fingerprint density at radius 3 is 2.43 bits per heavy atom. The number of carbonyl (C=O) groups excluding carboxylic acids is 1. The third-order valence-electron chi connectivity index (χ3n) is 5.40. The van der Waals surface area contributed by atoms with Gasteiger partial charge in [-0.05, 0) is 62.8 Å². The smallest absolute Gasteiger partial charge is 0.268 e. The van der Waals surface area contributed by atoms with Crippen LogP contribution in [-0.4, -0.2) is 31.4 Å². The van der Waals surface area contributed by atoms with E-state index in [9.17, 15) is 13.2 Å². The molecule has 1 atom stereocenters. The van der Waals surface area contributed by atoms with Crippen molar-refractivity contribution < 1.29 is 13.2 Å². The van der Waals surface area contributed by atoms with E-state index in [1.807, 2.05) is 6.07 Å². The molecule has 6 nitrogen and oxygen atoms in total. The average Bonchev–Trinajstić information content (AvgIpc) is 2.93. The minimum atomic E-state index is -3.96. The van der Waals surface area contributed by atoms with Crippen molar-refractivity contribution in [2.24, 2.45) is 11.8 Å². The van der Waals surface area contributed by atoms with Crippen molar-refractivity contribution in [3.8, 4) is 0 Å². The maximum Gasteiger partial charge on any atom is 0.268 e. The Kier molecular flexibility index (Phi) is 6.22. The highest BCUT2D eigenvalue weighted by molar-refractivity contribution is 7.90. The van der Waals surface area contributed by atoms with Crippen LogP contribution in [0.25, 0.3) is 0 Å². The topological polar surface area (TPSA) is 79.4 Å². The number of benzene rings is 1. The molecule has 0 radical (unpaired) electrons. The van der Waals surface area contributed by atoms with Crippen molar-refractivity contribution in [3.63, 3.8) is 0 Å². The van der Waals surface area contributed by atoms with E-state index in [1.165, 1.54) is 12.1 Å². The molecule has 1 amide bonds. The van der Waals surface area contributed by atoms with Gasteiger partial charge in [-0.3, -0.25) is 4.79 Å². The molecule has 1 aromatic heterocycles. The predicted molar refractivity (Wildman–Crippen MR) is 119 cm³/mol. The lowest BCUT2D eigenvalue weighted by atomic mass is 9.97. The molecule has 1 aliphatic rings. The van der Waals surface area contributed by atoms with Crippen LogP contribution in [0, 0.1) is 11.8 Å². The summed E-state index contributed by atoms with van der Waals surface area (Å²) in [4.78, 5) is 20.1. The molecule has 0 spiro atoms. The first-order chi connectivity index (χ1) is 14.0. The van der Waals surface area contributed by atoms with Gasteiger partial charge >= 0.3 is 0 Å². The lowest BCUT2D eigenvalue weighted by Crippen LogP contribution is -2.41. The SMILES string of the molecule is CC(C)Cc1ccc(C(=O)NS(=O)(=O)c2ccccc2)c(N2C[C@@H](C)CC2(C)C)n1. The summed E-state index contributed by atoms with van der Waals surface area (Å²) in [7, 11) is -3.96. The number of rotatable bonds is 6. The Bertz CT molecular complexity index is 1020. The van der Waals surface area contributed by atoms with E-state index < -0.39 is 15.9 Å². The largest absolute Gasteiger partial charge is 0.351 e. The van der Waals surface area contributed by atoms with Crippen molar-refractivity contribution in [3.05, 3.63) is 53.7 Å². The fourth-order valence-electron chi connectivity index (χ4n) is 4.20. The van der Waals surface area contributed by atoms with Crippen LogP contribution in [0.3, 0.4) is 0 Å². The lowest BCUT2D eigenvalue weighted by Gasteiger charge is -2.34. The molecule has 1 saturated heterocycles.